The molecule has 0 aromatic rings. The molecule has 13 heavy (non-hydrogen) atoms. The molecule has 76 valence electrons. The average molecular weight is 184 g/mol. The Morgan fingerprint density at radius 3 is 2.62 bits per heavy atom. The molecule has 2 saturated heterocycles. The molecule has 2 rings (SSSR count). The number of ether oxygens (including phenoxy) is 2. The molecule has 0 saturated carbocycles. The van der Waals surface area contributed by atoms with Gasteiger partial charge >= 0.3 is 0 Å². The average Bonchev–Trinajstić information content (AvgIpc) is 2.62. The normalized spacial score (nSPS) is 44.8. The summed E-state index contributed by atoms with van der Waals surface area (Å²) in [4.78, 5) is 0. The van der Waals surface area contributed by atoms with E-state index in [-0.39, 0.29) is 5.79 Å². The Bertz CT molecular complexity index is 181. The largest absolute Gasteiger partial charge is 0.347 e. The van der Waals surface area contributed by atoms with Gasteiger partial charge in [-0.15, -0.1) is 0 Å². The molecule has 3 atom stereocenters. The van der Waals surface area contributed by atoms with Gasteiger partial charge in [-0.2, -0.15) is 0 Å². The van der Waals surface area contributed by atoms with Crippen molar-refractivity contribution < 1.29 is 9.47 Å². The van der Waals surface area contributed by atoms with Gasteiger partial charge in [0.25, 0.3) is 0 Å². The van der Waals surface area contributed by atoms with E-state index in [9.17, 15) is 0 Å². The van der Waals surface area contributed by atoms with Gasteiger partial charge in [0.05, 0.1) is 12.2 Å². The Morgan fingerprint density at radius 1 is 1.23 bits per heavy atom. The highest BCUT2D eigenvalue weighted by molar-refractivity contribution is 4.86. The van der Waals surface area contributed by atoms with E-state index in [1.165, 1.54) is 25.7 Å². The Morgan fingerprint density at radius 2 is 2.00 bits per heavy atom. The lowest BCUT2D eigenvalue weighted by Crippen LogP contribution is -2.28. The van der Waals surface area contributed by atoms with Crippen LogP contribution in [0.5, 0.6) is 0 Å². The second kappa shape index (κ2) is 3.58. The monoisotopic (exact) mass is 184 g/mol. The molecule has 2 aliphatic heterocycles. The van der Waals surface area contributed by atoms with Gasteiger partial charge in [-0.25, -0.2) is 0 Å². The summed E-state index contributed by atoms with van der Waals surface area (Å²) in [6, 6.07) is 0. The fraction of sp³-hybridized carbons (Fsp3) is 1.00. The van der Waals surface area contributed by atoms with Gasteiger partial charge < -0.3 is 9.47 Å². The van der Waals surface area contributed by atoms with E-state index in [1.54, 1.807) is 0 Å². The smallest absolute Gasteiger partial charge is 0.169 e. The van der Waals surface area contributed by atoms with E-state index in [0.29, 0.717) is 12.2 Å². The van der Waals surface area contributed by atoms with Crippen LogP contribution in [0.3, 0.4) is 0 Å². The van der Waals surface area contributed by atoms with Crippen LogP contribution in [0.15, 0.2) is 0 Å². The summed E-state index contributed by atoms with van der Waals surface area (Å²) in [5.74, 6) is -0.167. The van der Waals surface area contributed by atoms with Crippen molar-refractivity contribution in [3.05, 3.63) is 0 Å². The summed E-state index contributed by atoms with van der Waals surface area (Å²) in [5, 5.41) is 0. The fourth-order valence-electron chi connectivity index (χ4n) is 2.51. The molecule has 0 amide bonds. The lowest BCUT2D eigenvalue weighted by molar-refractivity contribution is -0.214. The predicted molar refractivity (Wildman–Crippen MR) is 51.5 cm³/mol. The third-order valence-electron chi connectivity index (χ3n) is 3.19. The van der Waals surface area contributed by atoms with E-state index < -0.39 is 0 Å². The van der Waals surface area contributed by atoms with Crippen LogP contribution in [0.4, 0.5) is 0 Å². The molecule has 2 aliphatic rings. The predicted octanol–water partition coefficient (Wildman–Crippen LogP) is 2.86. The van der Waals surface area contributed by atoms with Gasteiger partial charge in [-0.1, -0.05) is 13.3 Å². The van der Waals surface area contributed by atoms with Crippen LogP contribution in [-0.4, -0.2) is 18.0 Å². The molecule has 1 spiro atoms. The molecular formula is C11H20O2. The van der Waals surface area contributed by atoms with Crippen LogP contribution in [0.25, 0.3) is 0 Å². The minimum Gasteiger partial charge on any atom is -0.347 e. The number of hydrogen-bond donors (Lipinski definition) is 0. The third kappa shape index (κ3) is 1.89. The molecule has 0 aromatic heterocycles. The van der Waals surface area contributed by atoms with Crippen LogP contribution in [-0.2, 0) is 9.47 Å². The van der Waals surface area contributed by atoms with Crippen molar-refractivity contribution in [1.29, 1.82) is 0 Å². The highest BCUT2D eigenvalue weighted by Gasteiger charge is 2.45. The molecule has 2 heterocycles. The summed E-state index contributed by atoms with van der Waals surface area (Å²) in [7, 11) is 0. The van der Waals surface area contributed by atoms with Crippen LogP contribution < -0.4 is 0 Å². The van der Waals surface area contributed by atoms with Crippen LogP contribution in [0, 0.1) is 0 Å². The summed E-state index contributed by atoms with van der Waals surface area (Å²) < 4.78 is 11.9. The molecule has 2 nitrogen and oxygen atoms in total. The molecule has 0 aliphatic carbocycles. The maximum atomic E-state index is 6.00. The molecule has 2 heteroatoms. The molecule has 0 N–H and O–H groups in total. The van der Waals surface area contributed by atoms with Crippen molar-refractivity contribution in [2.24, 2.45) is 0 Å². The first-order valence-corrected chi connectivity index (χ1v) is 5.60. The zero-order chi connectivity index (χ0) is 9.31. The van der Waals surface area contributed by atoms with Crippen LogP contribution >= 0.6 is 0 Å². The quantitative estimate of drug-likeness (QED) is 0.657. The summed E-state index contributed by atoms with van der Waals surface area (Å²) >= 11 is 0. The first-order chi connectivity index (χ1) is 6.24. The van der Waals surface area contributed by atoms with Gasteiger partial charge in [-0.05, 0) is 26.2 Å². The maximum Gasteiger partial charge on any atom is 0.169 e. The van der Waals surface area contributed by atoms with E-state index in [2.05, 4.69) is 13.8 Å². The van der Waals surface area contributed by atoms with Crippen LogP contribution in [0.1, 0.15) is 52.4 Å². The second-order valence-corrected chi connectivity index (χ2v) is 4.45. The van der Waals surface area contributed by atoms with E-state index in [4.69, 9.17) is 9.47 Å². The standard InChI is InChI=1S/C11H20O2/c1-3-4-10-6-8-11(13-10)7-5-9(2)12-11/h9-10H,3-8H2,1-2H3/t9-,10-,11+/m0/s1. The Kier molecular flexibility index (Phi) is 2.61. The molecule has 0 bridgehead atoms. The lowest BCUT2D eigenvalue weighted by Gasteiger charge is -2.24. The Labute approximate surface area is 80.6 Å². The first kappa shape index (κ1) is 9.47. The third-order valence-corrected chi connectivity index (χ3v) is 3.19. The van der Waals surface area contributed by atoms with Gasteiger partial charge in [0, 0.05) is 12.8 Å². The molecule has 0 unspecified atom stereocenters. The molecule has 0 radical (unpaired) electrons. The minimum atomic E-state index is -0.167. The summed E-state index contributed by atoms with van der Waals surface area (Å²) in [5.41, 5.74) is 0. The first-order valence-electron chi connectivity index (χ1n) is 5.60. The summed E-state index contributed by atoms with van der Waals surface area (Å²) in [6.45, 7) is 4.36. The van der Waals surface area contributed by atoms with Gasteiger partial charge in [-0.3, -0.25) is 0 Å². The molecule has 0 aromatic carbocycles. The maximum absolute atomic E-state index is 6.00. The fourth-order valence-corrected chi connectivity index (χ4v) is 2.51. The minimum absolute atomic E-state index is 0.167. The van der Waals surface area contributed by atoms with Crippen molar-refractivity contribution in [3.8, 4) is 0 Å². The Hall–Kier alpha value is -0.0800. The zero-order valence-electron chi connectivity index (χ0n) is 8.71. The molecule has 2 fully saturated rings. The van der Waals surface area contributed by atoms with E-state index >= 15 is 0 Å². The highest BCUT2D eigenvalue weighted by Crippen LogP contribution is 2.42. The molecular weight excluding hydrogens is 164 g/mol. The van der Waals surface area contributed by atoms with Gasteiger partial charge in [0.15, 0.2) is 5.79 Å². The van der Waals surface area contributed by atoms with E-state index in [0.717, 1.165) is 12.8 Å². The lowest BCUT2D eigenvalue weighted by atomic mass is 10.1. The van der Waals surface area contributed by atoms with Crippen molar-refractivity contribution in [2.75, 3.05) is 0 Å². The van der Waals surface area contributed by atoms with E-state index in [1.807, 2.05) is 0 Å². The zero-order valence-corrected chi connectivity index (χ0v) is 8.71. The topological polar surface area (TPSA) is 18.5 Å². The number of rotatable bonds is 2. The van der Waals surface area contributed by atoms with Gasteiger partial charge in [0.1, 0.15) is 0 Å². The van der Waals surface area contributed by atoms with Crippen molar-refractivity contribution in [1.82, 2.24) is 0 Å². The van der Waals surface area contributed by atoms with Crippen LogP contribution in [0.2, 0.25) is 0 Å². The number of hydrogen-bond acceptors (Lipinski definition) is 2. The Balaban J connectivity index is 1.89. The highest BCUT2D eigenvalue weighted by atomic mass is 16.7. The van der Waals surface area contributed by atoms with Crippen molar-refractivity contribution in [2.45, 2.75) is 70.4 Å². The second-order valence-electron chi connectivity index (χ2n) is 4.45. The van der Waals surface area contributed by atoms with Crippen molar-refractivity contribution >= 4 is 0 Å². The summed E-state index contributed by atoms with van der Waals surface area (Å²) in [6.07, 6.45) is 7.86. The van der Waals surface area contributed by atoms with Gasteiger partial charge in [0.2, 0.25) is 0 Å². The van der Waals surface area contributed by atoms with Crippen molar-refractivity contribution in [3.63, 3.8) is 0 Å². The SMILES string of the molecule is CCC[C@H]1CC[C@@]2(CC[C@H](C)O2)O1.